The number of aryl methyl sites for hydroxylation is 1. The second kappa shape index (κ2) is 9.77. The van der Waals surface area contributed by atoms with Gasteiger partial charge < -0.3 is 14.5 Å². The zero-order valence-electron chi connectivity index (χ0n) is 13.9. The zero-order valence-corrected chi connectivity index (χ0v) is 13.9. The van der Waals surface area contributed by atoms with Gasteiger partial charge in [0.25, 0.3) is 0 Å². The van der Waals surface area contributed by atoms with Crippen molar-refractivity contribution in [2.75, 3.05) is 33.4 Å². The van der Waals surface area contributed by atoms with E-state index in [4.69, 9.17) is 9.15 Å². The van der Waals surface area contributed by atoms with E-state index in [9.17, 15) is 0 Å². The van der Waals surface area contributed by atoms with Crippen LogP contribution >= 0.6 is 0 Å². The maximum atomic E-state index is 5.83. The minimum atomic E-state index is 0.651. The minimum Gasteiger partial charge on any atom is -0.465 e. The Morgan fingerprint density at radius 2 is 2.24 bits per heavy atom. The van der Waals surface area contributed by atoms with E-state index in [2.05, 4.69) is 36.7 Å². The van der Waals surface area contributed by atoms with Crippen LogP contribution in [0, 0.1) is 12.8 Å². The molecule has 4 heteroatoms. The monoisotopic (exact) mass is 294 g/mol. The van der Waals surface area contributed by atoms with Crippen LogP contribution in [-0.4, -0.2) is 38.3 Å². The first-order valence-corrected chi connectivity index (χ1v) is 7.67. The lowest BCUT2D eigenvalue weighted by atomic mass is 10.2. The second-order valence-corrected chi connectivity index (χ2v) is 5.84. The van der Waals surface area contributed by atoms with Crippen LogP contribution in [0.25, 0.3) is 0 Å². The first kappa shape index (κ1) is 18.0. The van der Waals surface area contributed by atoms with Gasteiger partial charge in [-0.2, -0.15) is 0 Å². The maximum absolute atomic E-state index is 5.83. The number of nitrogens with one attached hydrogen (secondary N) is 1. The molecule has 120 valence electrons. The summed E-state index contributed by atoms with van der Waals surface area (Å²) in [5, 5.41) is 3.41. The lowest BCUT2D eigenvalue weighted by Crippen LogP contribution is -2.27. The molecule has 0 saturated carbocycles. The van der Waals surface area contributed by atoms with Crippen molar-refractivity contribution in [2.45, 2.75) is 33.9 Å². The highest BCUT2D eigenvalue weighted by atomic mass is 16.5. The van der Waals surface area contributed by atoms with Gasteiger partial charge in [-0.15, -0.1) is 6.58 Å². The van der Waals surface area contributed by atoms with Crippen molar-refractivity contribution in [3.63, 3.8) is 0 Å². The van der Waals surface area contributed by atoms with Crippen molar-refractivity contribution in [2.24, 2.45) is 5.92 Å². The molecule has 0 unspecified atom stereocenters. The summed E-state index contributed by atoms with van der Waals surface area (Å²) in [6.07, 6.45) is 1.93. The average Bonchev–Trinajstić information content (AvgIpc) is 2.76. The van der Waals surface area contributed by atoms with Crippen LogP contribution in [0.1, 0.15) is 30.9 Å². The predicted molar refractivity (Wildman–Crippen MR) is 87.3 cm³/mol. The van der Waals surface area contributed by atoms with Gasteiger partial charge in [-0.3, -0.25) is 4.90 Å². The van der Waals surface area contributed by atoms with Gasteiger partial charge in [0, 0.05) is 32.3 Å². The van der Waals surface area contributed by atoms with Crippen molar-refractivity contribution in [3.05, 3.63) is 35.8 Å². The molecule has 1 rings (SSSR count). The fourth-order valence-electron chi connectivity index (χ4n) is 2.19. The van der Waals surface area contributed by atoms with Gasteiger partial charge in [0.15, 0.2) is 0 Å². The van der Waals surface area contributed by atoms with E-state index in [0.717, 1.165) is 50.9 Å². The van der Waals surface area contributed by atoms with Crippen LogP contribution in [0.15, 0.2) is 23.1 Å². The molecule has 1 heterocycles. The van der Waals surface area contributed by atoms with E-state index < -0.39 is 0 Å². The van der Waals surface area contributed by atoms with Gasteiger partial charge in [0.05, 0.1) is 13.2 Å². The van der Waals surface area contributed by atoms with Crippen LogP contribution in [-0.2, 0) is 17.8 Å². The lowest BCUT2D eigenvalue weighted by molar-refractivity contribution is 0.151. The highest BCUT2D eigenvalue weighted by Crippen LogP contribution is 2.17. The lowest BCUT2D eigenvalue weighted by Gasteiger charge is -2.19. The summed E-state index contributed by atoms with van der Waals surface area (Å²) in [6.45, 7) is 15.4. The molecule has 0 spiro atoms. The Bertz CT molecular complexity index is 413. The Labute approximate surface area is 129 Å². The number of nitrogens with zero attached hydrogens (tertiary/aromatic N) is 1. The molecule has 0 aromatic carbocycles. The quantitative estimate of drug-likeness (QED) is 0.637. The van der Waals surface area contributed by atoms with Crippen LogP contribution in [0.4, 0.5) is 0 Å². The Morgan fingerprint density at radius 3 is 2.86 bits per heavy atom. The van der Waals surface area contributed by atoms with Crippen LogP contribution < -0.4 is 5.32 Å². The van der Waals surface area contributed by atoms with Gasteiger partial charge >= 0.3 is 0 Å². The predicted octanol–water partition coefficient (Wildman–Crippen LogP) is 2.97. The Hall–Kier alpha value is -1.10. The van der Waals surface area contributed by atoms with Gasteiger partial charge in [-0.05, 0) is 25.5 Å². The molecule has 0 saturated heterocycles. The first-order chi connectivity index (χ1) is 10.1. The number of hydrogen-bond acceptors (Lipinski definition) is 4. The number of rotatable bonds is 11. The second-order valence-electron chi connectivity index (χ2n) is 5.84. The molecular formula is C17H30N2O2. The summed E-state index contributed by atoms with van der Waals surface area (Å²) in [5.41, 5.74) is 1.24. The number of ether oxygens (including phenoxy) is 1. The zero-order chi connectivity index (χ0) is 15.7. The fourth-order valence-corrected chi connectivity index (χ4v) is 2.19. The molecule has 1 N–H and O–H groups in total. The van der Waals surface area contributed by atoms with Gasteiger partial charge in [-0.1, -0.05) is 19.9 Å². The Kier molecular flexibility index (Phi) is 8.35. The Balaban J connectivity index is 2.56. The molecule has 0 radical (unpaired) electrons. The van der Waals surface area contributed by atoms with E-state index >= 15 is 0 Å². The van der Waals surface area contributed by atoms with Crippen LogP contribution in [0.5, 0.6) is 0 Å². The summed E-state index contributed by atoms with van der Waals surface area (Å²) >= 11 is 0. The van der Waals surface area contributed by atoms with E-state index in [-0.39, 0.29) is 0 Å². The molecule has 0 bridgehead atoms. The summed E-state index contributed by atoms with van der Waals surface area (Å²) < 4.78 is 11.0. The minimum absolute atomic E-state index is 0.651. The molecule has 0 aliphatic heterocycles. The van der Waals surface area contributed by atoms with E-state index in [1.165, 1.54) is 5.56 Å². The number of methoxy groups -OCH3 is 1. The molecule has 0 aliphatic rings. The smallest absolute Gasteiger partial charge is 0.118 e. The third-order valence-electron chi connectivity index (χ3n) is 3.32. The van der Waals surface area contributed by atoms with Crippen LogP contribution in [0.2, 0.25) is 0 Å². The molecule has 0 atom stereocenters. The average molecular weight is 294 g/mol. The highest BCUT2D eigenvalue weighted by molar-refractivity contribution is 5.20. The van der Waals surface area contributed by atoms with E-state index in [1.54, 1.807) is 7.11 Å². The summed E-state index contributed by atoms with van der Waals surface area (Å²) in [4.78, 5) is 2.31. The van der Waals surface area contributed by atoms with Gasteiger partial charge in [0.2, 0.25) is 0 Å². The molecular weight excluding hydrogens is 264 g/mol. The van der Waals surface area contributed by atoms with Crippen molar-refractivity contribution >= 4 is 0 Å². The maximum Gasteiger partial charge on any atom is 0.118 e. The largest absolute Gasteiger partial charge is 0.465 e. The highest BCUT2D eigenvalue weighted by Gasteiger charge is 2.11. The van der Waals surface area contributed by atoms with Gasteiger partial charge in [0.1, 0.15) is 11.5 Å². The fraction of sp³-hybridized carbons (Fsp3) is 0.647. The summed E-state index contributed by atoms with van der Waals surface area (Å²) in [5.74, 6) is 2.66. The molecule has 0 aliphatic carbocycles. The van der Waals surface area contributed by atoms with Gasteiger partial charge in [-0.25, -0.2) is 0 Å². The first-order valence-electron chi connectivity index (χ1n) is 7.67. The molecule has 21 heavy (non-hydrogen) atoms. The third kappa shape index (κ3) is 6.93. The number of furan rings is 1. The van der Waals surface area contributed by atoms with Crippen LogP contribution in [0.3, 0.4) is 0 Å². The third-order valence-corrected chi connectivity index (χ3v) is 3.32. The van der Waals surface area contributed by atoms with E-state index in [1.807, 2.05) is 13.0 Å². The Morgan fingerprint density at radius 1 is 1.48 bits per heavy atom. The number of hydrogen-bond donors (Lipinski definition) is 1. The van der Waals surface area contributed by atoms with Crippen molar-refractivity contribution in [1.29, 1.82) is 0 Å². The van der Waals surface area contributed by atoms with Crippen molar-refractivity contribution < 1.29 is 9.15 Å². The van der Waals surface area contributed by atoms with Crippen molar-refractivity contribution in [1.82, 2.24) is 10.2 Å². The SMILES string of the molecule is C=CCN(CCOC)Cc1cc(CNCC(C)C)oc1C. The summed E-state index contributed by atoms with van der Waals surface area (Å²) in [6, 6.07) is 2.16. The standard InChI is InChI=1S/C17H30N2O2/c1-6-7-19(8-9-20-5)13-16-10-17(21-15(16)4)12-18-11-14(2)3/h6,10,14,18H,1,7-9,11-13H2,2-5H3. The molecule has 0 fully saturated rings. The molecule has 1 aromatic heterocycles. The summed E-state index contributed by atoms with van der Waals surface area (Å²) in [7, 11) is 1.73. The van der Waals surface area contributed by atoms with Crippen molar-refractivity contribution in [3.8, 4) is 0 Å². The molecule has 4 nitrogen and oxygen atoms in total. The normalized spacial score (nSPS) is 11.5. The molecule has 0 amide bonds. The topological polar surface area (TPSA) is 37.6 Å². The molecule has 1 aromatic rings. The van der Waals surface area contributed by atoms with E-state index in [0.29, 0.717) is 5.92 Å².